The van der Waals surface area contributed by atoms with Crippen molar-refractivity contribution in [3.63, 3.8) is 0 Å². The Morgan fingerprint density at radius 3 is 2.38 bits per heavy atom. The Labute approximate surface area is 132 Å². The maximum absolute atomic E-state index is 12.2. The maximum atomic E-state index is 12.2. The van der Waals surface area contributed by atoms with Crippen molar-refractivity contribution in [2.24, 2.45) is 0 Å². The number of carbonyl (C=O) groups is 2. The maximum Gasteiger partial charge on any atom is 0.202 e. The number of aldehydes is 1. The lowest BCUT2D eigenvalue weighted by Crippen LogP contribution is -2.24. The minimum atomic E-state index is -0.703. The fourth-order valence-corrected chi connectivity index (χ4v) is 2.14. The third kappa shape index (κ3) is 3.84. The largest absolute Gasteiger partial charge is 0.481 e. The van der Waals surface area contributed by atoms with Crippen LogP contribution in [0.2, 0.25) is 10.0 Å². The summed E-state index contributed by atoms with van der Waals surface area (Å²) in [5, 5.41) is 0.850. The molecule has 0 amide bonds. The molecule has 0 aromatic heterocycles. The van der Waals surface area contributed by atoms with E-state index in [9.17, 15) is 9.59 Å². The second-order valence-corrected chi connectivity index (χ2v) is 5.28. The SMILES string of the molecule is CC(Oc1ccc(C=O)cc1Cl)C(=O)c1ccc(Cl)cc1. The number of Topliss-reactive ketones (excluding diaryl/α,β-unsaturated/α-hetero) is 1. The van der Waals surface area contributed by atoms with Gasteiger partial charge in [-0.1, -0.05) is 23.2 Å². The van der Waals surface area contributed by atoms with Gasteiger partial charge in [0.05, 0.1) is 5.02 Å². The van der Waals surface area contributed by atoms with Gasteiger partial charge in [-0.05, 0) is 49.4 Å². The fraction of sp³-hybridized carbons (Fsp3) is 0.125. The minimum Gasteiger partial charge on any atom is -0.481 e. The molecule has 2 aromatic rings. The molecular formula is C16H12Cl2O3. The molecule has 0 aliphatic rings. The summed E-state index contributed by atoms with van der Waals surface area (Å²) in [7, 11) is 0. The zero-order valence-corrected chi connectivity index (χ0v) is 12.7. The number of halogens is 2. The van der Waals surface area contributed by atoms with Crippen LogP contribution in [0, 0.1) is 0 Å². The van der Waals surface area contributed by atoms with E-state index in [1.54, 1.807) is 43.3 Å². The van der Waals surface area contributed by atoms with Crippen molar-refractivity contribution in [3.05, 3.63) is 63.6 Å². The van der Waals surface area contributed by atoms with Gasteiger partial charge in [-0.3, -0.25) is 9.59 Å². The topological polar surface area (TPSA) is 43.4 Å². The number of ketones is 1. The highest BCUT2D eigenvalue weighted by atomic mass is 35.5. The average molecular weight is 323 g/mol. The number of hydrogen-bond acceptors (Lipinski definition) is 3. The van der Waals surface area contributed by atoms with Crippen LogP contribution in [-0.4, -0.2) is 18.2 Å². The predicted octanol–water partition coefficient (Wildman–Crippen LogP) is 4.46. The van der Waals surface area contributed by atoms with Crippen LogP contribution in [0.5, 0.6) is 5.75 Å². The third-order valence-electron chi connectivity index (χ3n) is 2.89. The van der Waals surface area contributed by atoms with Gasteiger partial charge in [0.1, 0.15) is 12.0 Å². The quantitative estimate of drug-likeness (QED) is 0.603. The molecule has 2 aromatic carbocycles. The Kier molecular flexibility index (Phi) is 4.99. The van der Waals surface area contributed by atoms with E-state index >= 15 is 0 Å². The van der Waals surface area contributed by atoms with Crippen molar-refractivity contribution in [3.8, 4) is 5.75 Å². The molecule has 0 aliphatic carbocycles. The van der Waals surface area contributed by atoms with E-state index in [-0.39, 0.29) is 10.8 Å². The lowest BCUT2D eigenvalue weighted by molar-refractivity contribution is 0.0818. The second-order valence-electron chi connectivity index (χ2n) is 4.44. The van der Waals surface area contributed by atoms with E-state index in [0.29, 0.717) is 28.2 Å². The summed E-state index contributed by atoms with van der Waals surface area (Å²) in [4.78, 5) is 22.9. The molecule has 5 heteroatoms. The van der Waals surface area contributed by atoms with Crippen LogP contribution in [0.25, 0.3) is 0 Å². The second kappa shape index (κ2) is 6.74. The Morgan fingerprint density at radius 2 is 1.81 bits per heavy atom. The van der Waals surface area contributed by atoms with Crippen LogP contribution in [0.15, 0.2) is 42.5 Å². The van der Waals surface area contributed by atoms with E-state index in [4.69, 9.17) is 27.9 Å². The number of hydrogen-bond donors (Lipinski definition) is 0. The van der Waals surface area contributed by atoms with Crippen molar-refractivity contribution in [1.82, 2.24) is 0 Å². The first-order valence-corrected chi connectivity index (χ1v) is 6.98. The normalized spacial score (nSPS) is 11.8. The molecule has 0 aliphatic heterocycles. The first-order valence-electron chi connectivity index (χ1n) is 6.22. The molecule has 1 unspecified atom stereocenters. The number of rotatable bonds is 5. The van der Waals surface area contributed by atoms with E-state index in [1.165, 1.54) is 6.07 Å². The van der Waals surface area contributed by atoms with Crippen molar-refractivity contribution < 1.29 is 14.3 Å². The van der Waals surface area contributed by atoms with Crippen molar-refractivity contribution in [1.29, 1.82) is 0 Å². The van der Waals surface area contributed by atoms with Crippen molar-refractivity contribution in [2.45, 2.75) is 13.0 Å². The molecule has 0 heterocycles. The van der Waals surface area contributed by atoms with Crippen molar-refractivity contribution >= 4 is 35.3 Å². The summed E-state index contributed by atoms with van der Waals surface area (Å²) in [6.07, 6.45) is -0.0106. The van der Waals surface area contributed by atoms with E-state index < -0.39 is 6.10 Å². The molecule has 0 saturated heterocycles. The van der Waals surface area contributed by atoms with Crippen LogP contribution < -0.4 is 4.74 Å². The molecule has 21 heavy (non-hydrogen) atoms. The summed E-state index contributed by atoms with van der Waals surface area (Å²) in [5.74, 6) is 0.180. The van der Waals surface area contributed by atoms with Gasteiger partial charge in [-0.2, -0.15) is 0 Å². The first kappa shape index (κ1) is 15.5. The minimum absolute atomic E-state index is 0.179. The molecule has 2 rings (SSSR count). The van der Waals surface area contributed by atoms with Gasteiger partial charge in [0.2, 0.25) is 5.78 Å². The summed E-state index contributed by atoms with van der Waals surface area (Å²) < 4.78 is 5.56. The Hall–Kier alpha value is -1.84. The van der Waals surface area contributed by atoms with E-state index in [0.717, 1.165) is 0 Å². The van der Waals surface area contributed by atoms with Crippen molar-refractivity contribution in [2.75, 3.05) is 0 Å². The van der Waals surface area contributed by atoms with Gasteiger partial charge >= 0.3 is 0 Å². The van der Waals surface area contributed by atoms with E-state index in [2.05, 4.69) is 0 Å². The highest BCUT2D eigenvalue weighted by Crippen LogP contribution is 2.26. The van der Waals surface area contributed by atoms with Gasteiger partial charge in [-0.25, -0.2) is 0 Å². The Bertz CT molecular complexity index is 666. The Morgan fingerprint density at radius 1 is 1.14 bits per heavy atom. The van der Waals surface area contributed by atoms with E-state index in [1.807, 2.05) is 0 Å². The van der Waals surface area contributed by atoms with Crippen LogP contribution in [0.1, 0.15) is 27.6 Å². The summed E-state index contributed by atoms with van der Waals surface area (Å²) in [5.41, 5.74) is 0.955. The molecule has 3 nitrogen and oxygen atoms in total. The zero-order valence-electron chi connectivity index (χ0n) is 11.2. The van der Waals surface area contributed by atoms with Gasteiger partial charge < -0.3 is 4.74 Å². The van der Waals surface area contributed by atoms with Gasteiger partial charge in [0.15, 0.2) is 6.10 Å². The third-order valence-corrected chi connectivity index (χ3v) is 3.44. The summed E-state index contributed by atoms with van der Waals surface area (Å²) >= 11 is 11.8. The van der Waals surface area contributed by atoms with Gasteiger partial charge in [0.25, 0.3) is 0 Å². The molecule has 0 N–H and O–H groups in total. The highest BCUT2D eigenvalue weighted by molar-refractivity contribution is 6.32. The van der Waals surface area contributed by atoms with Crippen LogP contribution in [0.3, 0.4) is 0 Å². The fourth-order valence-electron chi connectivity index (χ4n) is 1.78. The predicted molar refractivity (Wildman–Crippen MR) is 82.7 cm³/mol. The molecule has 0 radical (unpaired) electrons. The van der Waals surface area contributed by atoms with Crippen LogP contribution in [-0.2, 0) is 0 Å². The molecule has 108 valence electrons. The molecule has 1 atom stereocenters. The molecule has 0 saturated carbocycles. The van der Waals surface area contributed by atoms with Crippen LogP contribution in [0.4, 0.5) is 0 Å². The highest BCUT2D eigenvalue weighted by Gasteiger charge is 2.18. The van der Waals surface area contributed by atoms with Gasteiger partial charge in [-0.15, -0.1) is 0 Å². The smallest absolute Gasteiger partial charge is 0.202 e. The van der Waals surface area contributed by atoms with Crippen LogP contribution >= 0.6 is 23.2 Å². The summed E-state index contributed by atoms with van der Waals surface area (Å²) in [6.45, 7) is 1.64. The van der Waals surface area contributed by atoms with Gasteiger partial charge in [0, 0.05) is 16.1 Å². The monoisotopic (exact) mass is 322 g/mol. The number of carbonyl (C=O) groups excluding carboxylic acids is 2. The zero-order chi connectivity index (χ0) is 15.4. The summed E-state index contributed by atoms with van der Waals surface area (Å²) in [6, 6.07) is 11.2. The molecule has 0 bridgehead atoms. The first-order chi connectivity index (χ1) is 10.0. The molecular weight excluding hydrogens is 311 g/mol. The average Bonchev–Trinajstić information content (AvgIpc) is 2.49. The molecule has 0 fully saturated rings. The Balaban J connectivity index is 2.13. The number of benzene rings is 2. The lowest BCUT2D eigenvalue weighted by atomic mass is 10.1. The lowest BCUT2D eigenvalue weighted by Gasteiger charge is -2.15. The standard InChI is InChI=1S/C16H12Cl2O3/c1-10(16(20)12-3-5-13(17)6-4-12)21-15-7-2-11(9-19)8-14(15)18/h2-10H,1H3. The number of ether oxygens (including phenoxy) is 1. The molecule has 0 spiro atoms.